The Bertz CT molecular complexity index is 784. The minimum Gasteiger partial charge on any atom is -0.495 e. The molecule has 2 rings (SSSR count). The Hall–Kier alpha value is -1.82. The lowest BCUT2D eigenvalue weighted by atomic mass is 10.1. The van der Waals surface area contributed by atoms with Crippen molar-refractivity contribution in [2.75, 3.05) is 19.5 Å². The molecule has 0 heterocycles. The first-order valence-electron chi connectivity index (χ1n) is 7.29. The number of rotatable bonds is 5. The van der Waals surface area contributed by atoms with Crippen LogP contribution in [0.5, 0.6) is 11.5 Å². The lowest BCUT2D eigenvalue weighted by molar-refractivity contribution is 0.249. The van der Waals surface area contributed by atoms with E-state index < -0.39 is 6.03 Å². The Balaban J connectivity index is 2.13. The van der Waals surface area contributed by atoms with Gasteiger partial charge in [0.15, 0.2) is 0 Å². The van der Waals surface area contributed by atoms with Crippen molar-refractivity contribution < 1.29 is 14.3 Å². The third kappa shape index (κ3) is 4.84. The van der Waals surface area contributed by atoms with E-state index in [2.05, 4.69) is 10.6 Å². The van der Waals surface area contributed by atoms with Gasteiger partial charge in [0.1, 0.15) is 11.5 Å². The van der Waals surface area contributed by atoms with E-state index in [1.54, 1.807) is 30.3 Å². The molecule has 0 aliphatic carbocycles. The summed E-state index contributed by atoms with van der Waals surface area (Å²) in [6.07, 6.45) is 0. The summed E-state index contributed by atoms with van der Waals surface area (Å²) in [7, 11) is 2.99. The van der Waals surface area contributed by atoms with Crippen LogP contribution in [0.2, 0.25) is 15.1 Å². The molecular formula is C17H17Cl3N2O3. The van der Waals surface area contributed by atoms with Crippen molar-refractivity contribution in [3.05, 3.63) is 51.0 Å². The number of methoxy groups -OCH3 is 2. The number of carbonyl (C=O) groups is 1. The van der Waals surface area contributed by atoms with Gasteiger partial charge in [0.2, 0.25) is 0 Å². The van der Waals surface area contributed by atoms with Crippen molar-refractivity contribution >= 4 is 46.5 Å². The third-order valence-electron chi connectivity index (χ3n) is 3.50. The summed E-state index contributed by atoms with van der Waals surface area (Å²) in [5.74, 6) is 0.874. The van der Waals surface area contributed by atoms with Crippen molar-refractivity contribution in [3.8, 4) is 11.5 Å². The minimum atomic E-state index is -0.432. The molecule has 0 saturated heterocycles. The standard InChI is InChI=1S/C17H17Cl3N2O3/c1-9(11-5-4-10(18)6-12(11)19)21-17(23)22-14-7-13(20)15(24-2)8-16(14)25-3/h4-9H,1-3H3,(H2,21,22,23)/t9-/m1/s1. The highest BCUT2D eigenvalue weighted by atomic mass is 35.5. The molecule has 2 amide bonds. The molecule has 0 bridgehead atoms. The summed E-state index contributed by atoms with van der Waals surface area (Å²) in [5.41, 5.74) is 1.17. The molecule has 1 atom stereocenters. The molecule has 2 aromatic rings. The van der Waals surface area contributed by atoms with Gasteiger partial charge in [-0.1, -0.05) is 40.9 Å². The van der Waals surface area contributed by atoms with Crippen LogP contribution in [0, 0.1) is 0 Å². The Labute approximate surface area is 161 Å². The van der Waals surface area contributed by atoms with Crippen molar-refractivity contribution in [1.82, 2.24) is 5.32 Å². The number of nitrogens with one attached hydrogen (secondary N) is 2. The molecular weight excluding hydrogens is 387 g/mol. The number of benzene rings is 2. The quantitative estimate of drug-likeness (QED) is 0.688. The molecule has 25 heavy (non-hydrogen) atoms. The SMILES string of the molecule is COc1cc(OC)c(NC(=O)N[C@H](C)c2ccc(Cl)cc2Cl)cc1Cl. The maximum Gasteiger partial charge on any atom is 0.319 e. The smallest absolute Gasteiger partial charge is 0.319 e. The van der Waals surface area contributed by atoms with Gasteiger partial charge in [-0.15, -0.1) is 0 Å². The molecule has 0 radical (unpaired) electrons. The van der Waals surface area contributed by atoms with Crippen LogP contribution in [0.15, 0.2) is 30.3 Å². The number of halogens is 3. The van der Waals surface area contributed by atoms with Crippen LogP contribution in [-0.4, -0.2) is 20.3 Å². The van der Waals surface area contributed by atoms with Gasteiger partial charge in [-0.25, -0.2) is 4.79 Å². The number of ether oxygens (including phenoxy) is 2. The average Bonchev–Trinajstić information content (AvgIpc) is 2.54. The summed E-state index contributed by atoms with van der Waals surface area (Å²) in [5, 5.41) is 6.86. The zero-order valence-corrected chi connectivity index (χ0v) is 16.1. The van der Waals surface area contributed by atoms with Crippen LogP contribution in [0.3, 0.4) is 0 Å². The summed E-state index contributed by atoms with van der Waals surface area (Å²) >= 11 is 18.1. The Morgan fingerprint density at radius 1 is 1.00 bits per heavy atom. The highest BCUT2D eigenvalue weighted by Gasteiger charge is 2.16. The third-order valence-corrected chi connectivity index (χ3v) is 4.36. The number of urea groups is 1. The molecule has 0 aliphatic rings. The maximum absolute atomic E-state index is 12.3. The van der Waals surface area contributed by atoms with Crippen molar-refractivity contribution in [2.24, 2.45) is 0 Å². The Kier molecular flexibility index (Phi) is 6.64. The minimum absolute atomic E-state index is 0.329. The van der Waals surface area contributed by atoms with Gasteiger partial charge in [-0.05, 0) is 30.7 Å². The van der Waals surface area contributed by atoms with Gasteiger partial charge in [-0.2, -0.15) is 0 Å². The second-order valence-electron chi connectivity index (χ2n) is 5.17. The number of carbonyl (C=O) groups excluding carboxylic acids is 1. The number of anilines is 1. The van der Waals surface area contributed by atoms with Gasteiger partial charge in [0.05, 0.1) is 31.0 Å². The average molecular weight is 404 g/mol. The van der Waals surface area contributed by atoms with E-state index in [0.29, 0.717) is 32.3 Å². The molecule has 0 fully saturated rings. The van der Waals surface area contributed by atoms with E-state index in [0.717, 1.165) is 5.56 Å². The second kappa shape index (κ2) is 8.52. The summed E-state index contributed by atoms with van der Waals surface area (Å²) < 4.78 is 10.4. The predicted molar refractivity (Wildman–Crippen MR) is 102 cm³/mol. The summed E-state index contributed by atoms with van der Waals surface area (Å²) in [4.78, 5) is 12.3. The van der Waals surface area contributed by atoms with Crippen LogP contribution >= 0.6 is 34.8 Å². The summed E-state index contributed by atoms with van der Waals surface area (Å²) in [6.45, 7) is 1.81. The molecule has 2 N–H and O–H groups in total. The monoisotopic (exact) mass is 402 g/mol. The van der Waals surface area contributed by atoms with E-state index in [4.69, 9.17) is 44.3 Å². The van der Waals surface area contributed by atoms with E-state index in [9.17, 15) is 4.79 Å². The second-order valence-corrected chi connectivity index (χ2v) is 6.42. The van der Waals surface area contributed by atoms with Crippen molar-refractivity contribution in [1.29, 1.82) is 0 Å². The first-order valence-corrected chi connectivity index (χ1v) is 8.43. The van der Waals surface area contributed by atoms with Crippen LogP contribution in [0.4, 0.5) is 10.5 Å². The fourth-order valence-corrected chi connectivity index (χ4v) is 3.06. The van der Waals surface area contributed by atoms with Crippen molar-refractivity contribution in [2.45, 2.75) is 13.0 Å². The topological polar surface area (TPSA) is 59.6 Å². The van der Waals surface area contributed by atoms with E-state index >= 15 is 0 Å². The van der Waals surface area contributed by atoms with Crippen molar-refractivity contribution in [3.63, 3.8) is 0 Å². The largest absolute Gasteiger partial charge is 0.495 e. The highest BCUT2D eigenvalue weighted by Crippen LogP contribution is 2.36. The van der Waals surface area contributed by atoms with E-state index in [1.807, 2.05) is 6.92 Å². The number of amides is 2. The fourth-order valence-electron chi connectivity index (χ4n) is 2.24. The van der Waals surface area contributed by atoms with Crippen LogP contribution in [0.1, 0.15) is 18.5 Å². The fraction of sp³-hybridized carbons (Fsp3) is 0.235. The lowest BCUT2D eigenvalue weighted by Crippen LogP contribution is -2.31. The molecule has 0 spiro atoms. The zero-order chi connectivity index (χ0) is 18.6. The predicted octanol–water partition coefficient (Wildman–Crippen LogP) is 5.55. The first-order chi connectivity index (χ1) is 11.8. The zero-order valence-electron chi connectivity index (χ0n) is 13.8. The van der Waals surface area contributed by atoms with E-state index in [-0.39, 0.29) is 6.04 Å². The number of hydrogen-bond donors (Lipinski definition) is 2. The van der Waals surface area contributed by atoms with Gasteiger partial charge in [0, 0.05) is 16.1 Å². The van der Waals surface area contributed by atoms with Crippen LogP contribution in [-0.2, 0) is 0 Å². The summed E-state index contributed by atoms with van der Waals surface area (Å²) in [6, 6.07) is 7.49. The highest BCUT2D eigenvalue weighted by molar-refractivity contribution is 6.35. The van der Waals surface area contributed by atoms with Crippen LogP contribution < -0.4 is 20.1 Å². The maximum atomic E-state index is 12.3. The van der Waals surface area contributed by atoms with Gasteiger partial charge in [-0.3, -0.25) is 0 Å². The molecule has 8 heteroatoms. The first kappa shape index (κ1) is 19.5. The van der Waals surface area contributed by atoms with Crippen LogP contribution in [0.25, 0.3) is 0 Å². The molecule has 0 aliphatic heterocycles. The molecule has 0 aromatic heterocycles. The van der Waals surface area contributed by atoms with Gasteiger partial charge in [0.25, 0.3) is 0 Å². The van der Waals surface area contributed by atoms with Gasteiger partial charge < -0.3 is 20.1 Å². The normalized spacial score (nSPS) is 11.6. The Morgan fingerprint density at radius 3 is 2.28 bits per heavy atom. The molecule has 2 aromatic carbocycles. The Morgan fingerprint density at radius 2 is 1.68 bits per heavy atom. The molecule has 0 saturated carbocycles. The molecule has 134 valence electrons. The van der Waals surface area contributed by atoms with E-state index in [1.165, 1.54) is 14.2 Å². The van der Waals surface area contributed by atoms with Gasteiger partial charge >= 0.3 is 6.03 Å². The molecule has 0 unspecified atom stereocenters. The lowest BCUT2D eigenvalue weighted by Gasteiger charge is -2.18. The number of hydrogen-bond acceptors (Lipinski definition) is 3. The molecule has 5 nitrogen and oxygen atoms in total.